The Kier molecular flexibility index (Phi) is 7.65. The summed E-state index contributed by atoms with van der Waals surface area (Å²) in [5.41, 5.74) is -0.0960. The number of sulfonamides is 1. The average Bonchev–Trinajstić information content (AvgIpc) is 2.63. The van der Waals surface area contributed by atoms with Crippen LogP contribution in [-0.4, -0.2) is 34.5 Å². The van der Waals surface area contributed by atoms with E-state index in [4.69, 9.17) is 4.74 Å². The fraction of sp³-hybridized carbons (Fsp3) is 0.235. The standard InChI is InChI=1S/C17H16F4N2O5S/c1-2-26-12-5-7-14(8-6-12)29(24,25)23-22-10-11-3-4-13(27-16(18)19)9-15(11)28-17(20)21/h3-10,16-17,23H,2H2,1H3. The van der Waals surface area contributed by atoms with Crippen LogP contribution in [-0.2, 0) is 10.0 Å². The minimum Gasteiger partial charge on any atom is -0.494 e. The van der Waals surface area contributed by atoms with Crippen LogP contribution in [0.5, 0.6) is 17.2 Å². The fourth-order valence-corrected chi connectivity index (χ4v) is 2.89. The van der Waals surface area contributed by atoms with Crippen molar-refractivity contribution in [3.05, 3.63) is 48.0 Å². The van der Waals surface area contributed by atoms with Gasteiger partial charge in [-0.15, -0.1) is 0 Å². The second-order valence-corrected chi connectivity index (χ2v) is 6.87. The minimum atomic E-state index is -4.04. The van der Waals surface area contributed by atoms with Crippen LogP contribution in [0.4, 0.5) is 17.6 Å². The molecule has 1 N–H and O–H groups in total. The largest absolute Gasteiger partial charge is 0.494 e. The van der Waals surface area contributed by atoms with Crippen LogP contribution < -0.4 is 19.0 Å². The van der Waals surface area contributed by atoms with E-state index in [1.54, 1.807) is 6.92 Å². The highest BCUT2D eigenvalue weighted by Crippen LogP contribution is 2.26. The van der Waals surface area contributed by atoms with Crippen molar-refractivity contribution in [1.82, 2.24) is 4.83 Å². The van der Waals surface area contributed by atoms with Crippen molar-refractivity contribution >= 4 is 16.2 Å². The molecule has 0 saturated carbocycles. The Morgan fingerprint density at radius 2 is 1.62 bits per heavy atom. The summed E-state index contributed by atoms with van der Waals surface area (Å²) < 4.78 is 87.6. The molecule has 0 spiro atoms. The van der Waals surface area contributed by atoms with Gasteiger partial charge in [0, 0.05) is 11.6 Å². The third-order valence-electron chi connectivity index (χ3n) is 3.25. The van der Waals surface area contributed by atoms with Crippen molar-refractivity contribution in [1.29, 1.82) is 0 Å². The molecule has 2 aromatic carbocycles. The lowest BCUT2D eigenvalue weighted by molar-refractivity contribution is -0.0543. The SMILES string of the molecule is CCOc1ccc(S(=O)(=O)NN=Cc2ccc(OC(F)F)cc2OC(F)F)cc1. The van der Waals surface area contributed by atoms with Crippen molar-refractivity contribution in [3.63, 3.8) is 0 Å². The van der Waals surface area contributed by atoms with E-state index in [9.17, 15) is 26.0 Å². The van der Waals surface area contributed by atoms with Gasteiger partial charge in [0.2, 0.25) is 0 Å². The number of benzene rings is 2. The van der Waals surface area contributed by atoms with Gasteiger partial charge in [-0.05, 0) is 43.3 Å². The van der Waals surface area contributed by atoms with Gasteiger partial charge < -0.3 is 14.2 Å². The normalized spacial score (nSPS) is 11.8. The average molecular weight is 436 g/mol. The van der Waals surface area contributed by atoms with Crippen molar-refractivity contribution < 1.29 is 40.2 Å². The maximum atomic E-state index is 12.5. The first-order chi connectivity index (χ1) is 13.7. The summed E-state index contributed by atoms with van der Waals surface area (Å²) in [7, 11) is -4.04. The molecule has 12 heteroatoms. The van der Waals surface area contributed by atoms with E-state index >= 15 is 0 Å². The van der Waals surface area contributed by atoms with E-state index in [2.05, 4.69) is 14.6 Å². The van der Waals surface area contributed by atoms with Gasteiger partial charge in [0.1, 0.15) is 17.2 Å². The lowest BCUT2D eigenvalue weighted by Crippen LogP contribution is -2.18. The molecule has 29 heavy (non-hydrogen) atoms. The zero-order valence-electron chi connectivity index (χ0n) is 14.9. The van der Waals surface area contributed by atoms with Crippen LogP contribution in [0.3, 0.4) is 0 Å². The highest BCUT2D eigenvalue weighted by molar-refractivity contribution is 7.89. The van der Waals surface area contributed by atoms with Gasteiger partial charge in [0.05, 0.1) is 17.7 Å². The van der Waals surface area contributed by atoms with E-state index in [1.165, 1.54) is 24.3 Å². The van der Waals surface area contributed by atoms with Crippen LogP contribution in [0.15, 0.2) is 52.5 Å². The van der Waals surface area contributed by atoms with Gasteiger partial charge in [-0.2, -0.15) is 31.1 Å². The molecule has 0 fully saturated rings. The third kappa shape index (κ3) is 6.82. The first kappa shape index (κ1) is 22.3. The number of ether oxygens (including phenoxy) is 3. The molecule has 0 aromatic heterocycles. The molecule has 158 valence electrons. The molecular weight excluding hydrogens is 420 g/mol. The summed E-state index contributed by atoms with van der Waals surface area (Å²) in [6.45, 7) is -4.21. The number of hydrazone groups is 1. The van der Waals surface area contributed by atoms with Gasteiger partial charge in [0.25, 0.3) is 10.0 Å². The van der Waals surface area contributed by atoms with E-state index in [1.807, 2.05) is 4.83 Å². The van der Waals surface area contributed by atoms with Gasteiger partial charge in [0.15, 0.2) is 0 Å². The van der Waals surface area contributed by atoms with Crippen LogP contribution >= 0.6 is 0 Å². The maximum Gasteiger partial charge on any atom is 0.387 e. The summed E-state index contributed by atoms with van der Waals surface area (Å²) in [6.07, 6.45) is 0.885. The Morgan fingerprint density at radius 3 is 2.21 bits per heavy atom. The molecule has 0 aliphatic heterocycles. The highest BCUT2D eigenvalue weighted by Gasteiger charge is 2.15. The van der Waals surface area contributed by atoms with E-state index in [0.717, 1.165) is 24.4 Å². The summed E-state index contributed by atoms with van der Waals surface area (Å²) in [5.74, 6) is -0.459. The Hall–Kier alpha value is -3.02. The number of alkyl halides is 4. The van der Waals surface area contributed by atoms with E-state index in [-0.39, 0.29) is 10.5 Å². The lowest BCUT2D eigenvalue weighted by atomic mass is 10.2. The monoisotopic (exact) mass is 436 g/mol. The maximum absolute atomic E-state index is 12.5. The Labute approximate surface area is 163 Å². The number of nitrogens with zero attached hydrogens (tertiary/aromatic N) is 1. The van der Waals surface area contributed by atoms with Crippen LogP contribution in [0, 0.1) is 0 Å². The van der Waals surface area contributed by atoms with E-state index in [0.29, 0.717) is 12.4 Å². The zero-order chi connectivity index (χ0) is 21.4. The number of halogens is 4. The quantitative estimate of drug-likeness (QED) is 0.349. The summed E-state index contributed by atoms with van der Waals surface area (Å²) >= 11 is 0. The molecule has 0 aliphatic carbocycles. The fourth-order valence-electron chi connectivity index (χ4n) is 2.10. The first-order valence-corrected chi connectivity index (χ1v) is 9.51. The first-order valence-electron chi connectivity index (χ1n) is 8.02. The molecule has 0 saturated heterocycles. The highest BCUT2D eigenvalue weighted by atomic mass is 32.2. The number of hydrogen-bond acceptors (Lipinski definition) is 6. The van der Waals surface area contributed by atoms with Gasteiger partial charge in [-0.1, -0.05) is 0 Å². The van der Waals surface area contributed by atoms with Crippen LogP contribution in [0.25, 0.3) is 0 Å². The predicted molar refractivity (Wildman–Crippen MR) is 95.2 cm³/mol. The molecule has 0 bridgehead atoms. The third-order valence-corrected chi connectivity index (χ3v) is 4.49. The van der Waals surface area contributed by atoms with Crippen LogP contribution in [0.1, 0.15) is 12.5 Å². The molecular formula is C17H16F4N2O5S. The van der Waals surface area contributed by atoms with Crippen molar-refractivity contribution in [2.75, 3.05) is 6.61 Å². The molecule has 2 aromatic rings. The van der Waals surface area contributed by atoms with Crippen molar-refractivity contribution in [2.45, 2.75) is 25.0 Å². The summed E-state index contributed by atoms with van der Waals surface area (Å²) in [6, 6.07) is 8.48. The summed E-state index contributed by atoms with van der Waals surface area (Å²) in [4.78, 5) is 1.80. The van der Waals surface area contributed by atoms with Crippen molar-refractivity contribution in [2.24, 2.45) is 5.10 Å². The smallest absolute Gasteiger partial charge is 0.387 e. The molecule has 0 amide bonds. The molecule has 0 heterocycles. The number of rotatable bonds is 10. The number of hydrogen-bond donors (Lipinski definition) is 1. The second kappa shape index (κ2) is 9.96. The second-order valence-electron chi connectivity index (χ2n) is 5.21. The molecule has 0 atom stereocenters. The molecule has 0 radical (unpaired) electrons. The molecule has 7 nitrogen and oxygen atoms in total. The van der Waals surface area contributed by atoms with E-state index < -0.39 is 34.7 Å². The zero-order valence-corrected chi connectivity index (χ0v) is 15.7. The van der Waals surface area contributed by atoms with Gasteiger partial charge >= 0.3 is 13.2 Å². The van der Waals surface area contributed by atoms with Gasteiger partial charge in [-0.3, -0.25) is 0 Å². The van der Waals surface area contributed by atoms with Crippen LogP contribution in [0.2, 0.25) is 0 Å². The Bertz CT molecular complexity index is 937. The Morgan fingerprint density at radius 1 is 1.00 bits per heavy atom. The lowest BCUT2D eigenvalue weighted by Gasteiger charge is -2.11. The Balaban J connectivity index is 2.17. The summed E-state index contributed by atoms with van der Waals surface area (Å²) in [5, 5.41) is 3.50. The molecule has 0 unspecified atom stereocenters. The van der Waals surface area contributed by atoms with Crippen molar-refractivity contribution in [3.8, 4) is 17.2 Å². The predicted octanol–water partition coefficient (Wildman–Crippen LogP) is 3.60. The molecule has 0 aliphatic rings. The number of nitrogens with one attached hydrogen (secondary N) is 1. The van der Waals surface area contributed by atoms with Gasteiger partial charge in [-0.25, -0.2) is 4.83 Å². The minimum absolute atomic E-state index is 0.0960. The topological polar surface area (TPSA) is 86.2 Å². The molecule has 2 rings (SSSR count).